The van der Waals surface area contributed by atoms with Crippen LogP contribution in [0.15, 0.2) is 77.7 Å². The van der Waals surface area contributed by atoms with Gasteiger partial charge in [0.25, 0.3) is 10.0 Å². The van der Waals surface area contributed by atoms with Gasteiger partial charge in [-0.1, -0.05) is 61.0 Å². The van der Waals surface area contributed by atoms with Gasteiger partial charge in [0.1, 0.15) is 12.6 Å². The van der Waals surface area contributed by atoms with Gasteiger partial charge in [0, 0.05) is 12.6 Å². The minimum absolute atomic E-state index is 0.0455. The molecule has 3 aromatic rings. The lowest BCUT2D eigenvalue weighted by Crippen LogP contribution is -2.52. The van der Waals surface area contributed by atoms with E-state index in [1.807, 2.05) is 32.9 Å². The lowest BCUT2D eigenvalue weighted by molar-refractivity contribution is -0.139. The first-order valence-electron chi connectivity index (χ1n) is 13.3. The van der Waals surface area contributed by atoms with Gasteiger partial charge in [-0.05, 0) is 68.7 Å². The molecule has 3 aromatic carbocycles. The number of halogens is 4. The number of carbonyl (C=O) groups is 2. The highest BCUT2D eigenvalue weighted by Crippen LogP contribution is 2.37. The van der Waals surface area contributed by atoms with Crippen molar-refractivity contribution in [2.45, 2.75) is 63.8 Å². The van der Waals surface area contributed by atoms with Crippen LogP contribution in [0.5, 0.6) is 0 Å². The van der Waals surface area contributed by atoms with Crippen LogP contribution < -0.4 is 9.62 Å². The molecule has 1 N–H and O–H groups in total. The molecule has 0 aromatic heterocycles. The van der Waals surface area contributed by atoms with Crippen LogP contribution >= 0.6 is 11.6 Å². The van der Waals surface area contributed by atoms with Crippen LogP contribution in [0.2, 0.25) is 5.02 Å². The molecule has 0 aliphatic carbocycles. The first kappa shape index (κ1) is 32.9. The summed E-state index contributed by atoms with van der Waals surface area (Å²) in [4.78, 5) is 28.1. The highest BCUT2D eigenvalue weighted by Gasteiger charge is 2.36. The molecule has 7 nitrogen and oxygen atoms in total. The predicted molar refractivity (Wildman–Crippen MR) is 157 cm³/mol. The Kier molecular flexibility index (Phi) is 10.7. The Balaban J connectivity index is 2.13. The third-order valence-corrected chi connectivity index (χ3v) is 9.02. The summed E-state index contributed by atoms with van der Waals surface area (Å²) in [5.41, 5.74) is -0.111. The first-order valence-corrected chi connectivity index (χ1v) is 15.1. The predicted octanol–water partition coefficient (Wildman–Crippen LogP) is 6.19. The molecular weight excluding hydrogens is 591 g/mol. The lowest BCUT2D eigenvalue weighted by atomic mass is 10.1. The molecule has 0 heterocycles. The molecule has 0 bridgehead atoms. The zero-order valence-corrected chi connectivity index (χ0v) is 25.2. The maximum atomic E-state index is 14.0. The Labute approximate surface area is 249 Å². The molecule has 2 amide bonds. The van der Waals surface area contributed by atoms with Crippen molar-refractivity contribution in [3.05, 3.63) is 94.5 Å². The van der Waals surface area contributed by atoms with Crippen LogP contribution in [0.1, 0.15) is 43.9 Å². The number of benzene rings is 3. The number of hydrogen-bond acceptors (Lipinski definition) is 4. The number of hydrogen-bond donors (Lipinski definition) is 1. The fourth-order valence-corrected chi connectivity index (χ4v) is 5.85. The minimum atomic E-state index is -4.80. The molecule has 0 saturated heterocycles. The molecule has 2 atom stereocenters. The van der Waals surface area contributed by atoms with Gasteiger partial charge < -0.3 is 10.2 Å². The topological polar surface area (TPSA) is 86.8 Å². The molecule has 42 heavy (non-hydrogen) atoms. The number of carbonyl (C=O) groups excluding carboxylic acids is 2. The van der Waals surface area contributed by atoms with Crippen molar-refractivity contribution in [1.29, 1.82) is 0 Å². The van der Waals surface area contributed by atoms with Gasteiger partial charge in [-0.25, -0.2) is 8.42 Å². The van der Waals surface area contributed by atoms with Gasteiger partial charge >= 0.3 is 6.18 Å². The fourth-order valence-electron chi connectivity index (χ4n) is 4.13. The number of alkyl halides is 3. The number of sulfonamides is 1. The molecule has 226 valence electrons. The van der Waals surface area contributed by atoms with Crippen LogP contribution in [-0.2, 0) is 32.3 Å². The Bertz CT molecular complexity index is 1520. The molecule has 0 spiro atoms. The van der Waals surface area contributed by atoms with E-state index in [0.29, 0.717) is 22.4 Å². The fraction of sp³-hybridized carbons (Fsp3) is 0.333. The van der Waals surface area contributed by atoms with Crippen molar-refractivity contribution >= 4 is 39.1 Å². The van der Waals surface area contributed by atoms with Crippen molar-refractivity contribution in [3.8, 4) is 0 Å². The van der Waals surface area contributed by atoms with Crippen LogP contribution in [0.4, 0.5) is 18.9 Å². The number of aryl methyl sites for hydroxylation is 1. The quantitative estimate of drug-likeness (QED) is 0.276. The van der Waals surface area contributed by atoms with Crippen LogP contribution in [-0.4, -0.2) is 43.8 Å². The normalized spacial score (nSPS) is 13.2. The van der Waals surface area contributed by atoms with Gasteiger partial charge in [0.15, 0.2) is 0 Å². The lowest BCUT2D eigenvalue weighted by Gasteiger charge is -2.33. The van der Waals surface area contributed by atoms with E-state index >= 15 is 0 Å². The summed E-state index contributed by atoms with van der Waals surface area (Å²) in [5, 5.41) is 2.53. The molecule has 0 aliphatic heterocycles. The maximum Gasteiger partial charge on any atom is 0.416 e. The van der Waals surface area contributed by atoms with Crippen molar-refractivity contribution < 1.29 is 31.2 Å². The second-order valence-electron chi connectivity index (χ2n) is 9.93. The second-order valence-corrected chi connectivity index (χ2v) is 12.2. The van der Waals surface area contributed by atoms with E-state index in [2.05, 4.69) is 5.32 Å². The number of anilines is 1. The van der Waals surface area contributed by atoms with Gasteiger partial charge in [0.2, 0.25) is 11.8 Å². The van der Waals surface area contributed by atoms with Crippen LogP contribution in [0, 0.1) is 6.92 Å². The molecule has 3 rings (SSSR count). The summed E-state index contributed by atoms with van der Waals surface area (Å²) in [6.07, 6.45) is -4.16. The molecule has 0 aliphatic rings. The molecular formula is C30H33ClF3N3O4S. The third-order valence-electron chi connectivity index (χ3n) is 6.92. The van der Waals surface area contributed by atoms with Crippen LogP contribution in [0.3, 0.4) is 0 Å². The maximum absolute atomic E-state index is 14.0. The van der Waals surface area contributed by atoms with Gasteiger partial charge in [-0.3, -0.25) is 13.9 Å². The van der Waals surface area contributed by atoms with Crippen molar-refractivity contribution in [3.63, 3.8) is 0 Å². The van der Waals surface area contributed by atoms with E-state index in [-0.39, 0.29) is 22.5 Å². The first-order chi connectivity index (χ1) is 19.7. The van der Waals surface area contributed by atoms with Gasteiger partial charge in [0.05, 0.1) is 21.2 Å². The summed E-state index contributed by atoms with van der Waals surface area (Å²) >= 11 is 6.27. The van der Waals surface area contributed by atoms with E-state index < -0.39 is 51.9 Å². The molecule has 0 fully saturated rings. The van der Waals surface area contributed by atoms with E-state index in [0.717, 1.165) is 17.7 Å². The number of nitrogens with one attached hydrogen (secondary N) is 1. The Morgan fingerprint density at radius 1 is 0.976 bits per heavy atom. The number of rotatable bonds is 11. The van der Waals surface area contributed by atoms with E-state index in [4.69, 9.17) is 11.6 Å². The molecule has 0 saturated carbocycles. The summed E-state index contributed by atoms with van der Waals surface area (Å²) in [6.45, 7) is 6.08. The summed E-state index contributed by atoms with van der Waals surface area (Å²) < 4.78 is 69.2. The van der Waals surface area contributed by atoms with Crippen molar-refractivity contribution in [2.24, 2.45) is 0 Å². The summed E-state index contributed by atoms with van der Waals surface area (Å²) in [7, 11) is -4.58. The average Bonchev–Trinajstić information content (AvgIpc) is 2.95. The molecule has 0 radical (unpaired) electrons. The van der Waals surface area contributed by atoms with E-state index in [1.54, 1.807) is 18.2 Å². The smallest absolute Gasteiger partial charge is 0.352 e. The summed E-state index contributed by atoms with van der Waals surface area (Å²) in [6, 6.07) is 15.2. The molecule has 0 unspecified atom stereocenters. The van der Waals surface area contributed by atoms with Gasteiger partial charge in [-0.2, -0.15) is 13.2 Å². The second kappa shape index (κ2) is 13.6. The Morgan fingerprint density at radius 2 is 1.60 bits per heavy atom. The standard InChI is InChI=1S/C30H33ClF3N3O4S/c1-5-21(3)35-29(39)22(4)36(18-23-12-10-9-11-20(23)2)28(38)19-37(42(40,41)25-13-7-6-8-14-25)27-17-24(30(32,33)34)15-16-26(27)31/h6-17,21-22H,5,18-19H2,1-4H3,(H,35,39)/t21-,22-/m0/s1. The Morgan fingerprint density at radius 3 is 2.19 bits per heavy atom. The van der Waals surface area contributed by atoms with Crippen LogP contribution in [0.25, 0.3) is 0 Å². The third kappa shape index (κ3) is 7.83. The van der Waals surface area contributed by atoms with E-state index in [1.165, 1.54) is 36.1 Å². The summed E-state index contributed by atoms with van der Waals surface area (Å²) in [5.74, 6) is -1.26. The average molecular weight is 624 g/mol. The Hall–Kier alpha value is -3.57. The number of nitrogens with zero attached hydrogens (tertiary/aromatic N) is 2. The van der Waals surface area contributed by atoms with E-state index in [9.17, 15) is 31.2 Å². The highest BCUT2D eigenvalue weighted by atomic mass is 35.5. The largest absolute Gasteiger partial charge is 0.416 e. The number of amides is 2. The zero-order chi connectivity index (χ0) is 31.2. The SMILES string of the molecule is CC[C@H](C)NC(=O)[C@H](C)N(Cc1ccccc1C)C(=O)CN(c1cc(C(F)(F)F)ccc1Cl)S(=O)(=O)c1ccccc1. The van der Waals surface area contributed by atoms with Crippen molar-refractivity contribution in [1.82, 2.24) is 10.2 Å². The highest BCUT2D eigenvalue weighted by molar-refractivity contribution is 7.92. The minimum Gasteiger partial charge on any atom is -0.352 e. The van der Waals surface area contributed by atoms with Gasteiger partial charge in [-0.15, -0.1) is 0 Å². The van der Waals surface area contributed by atoms with Crippen molar-refractivity contribution in [2.75, 3.05) is 10.8 Å². The monoisotopic (exact) mass is 623 g/mol. The molecule has 12 heteroatoms. The zero-order valence-electron chi connectivity index (χ0n) is 23.7.